The molecule has 4 nitrogen and oxygen atoms in total. The molecule has 1 aliphatic rings. The summed E-state index contributed by atoms with van der Waals surface area (Å²) in [5.41, 5.74) is 0.901. The SMILES string of the molecule is C[N+](C)(C)CCCOC([O-])=C1C=CC(=N)C=C1.Cl. The van der Waals surface area contributed by atoms with Gasteiger partial charge in [0.05, 0.1) is 39.3 Å². The molecule has 102 valence electrons. The van der Waals surface area contributed by atoms with E-state index >= 15 is 0 Å². The van der Waals surface area contributed by atoms with Gasteiger partial charge < -0.3 is 19.7 Å². The van der Waals surface area contributed by atoms with Crippen molar-refractivity contribution in [2.24, 2.45) is 0 Å². The molecule has 0 atom stereocenters. The van der Waals surface area contributed by atoms with Gasteiger partial charge in [-0.05, 0) is 24.3 Å². The maximum Gasteiger partial charge on any atom is 0.0788 e. The van der Waals surface area contributed by atoms with Crippen LogP contribution in [0.4, 0.5) is 0 Å². The summed E-state index contributed by atoms with van der Waals surface area (Å²) in [6, 6.07) is 0. The van der Waals surface area contributed by atoms with Crippen molar-refractivity contribution in [2.45, 2.75) is 6.42 Å². The van der Waals surface area contributed by atoms with Gasteiger partial charge in [-0.1, -0.05) is 12.2 Å². The Hall–Kier alpha value is -1.26. The summed E-state index contributed by atoms with van der Waals surface area (Å²) in [5.74, 6) is -0.314. The molecule has 0 bridgehead atoms. The summed E-state index contributed by atoms with van der Waals surface area (Å²) in [4.78, 5) is 0. The Bertz CT molecular complexity index is 361. The van der Waals surface area contributed by atoms with Crippen molar-refractivity contribution < 1.29 is 14.3 Å². The molecule has 0 fully saturated rings. The van der Waals surface area contributed by atoms with E-state index in [9.17, 15) is 5.11 Å². The van der Waals surface area contributed by atoms with Crippen LogP contribution in [-0.2, 0) is 4.74 Å². The van der Waals surface area contributed by atoms with Crippen LogP contribution in [0.5, 0.6) is 0 Å². The van der Waals surface area contributed by atoms with Crippen LogP contribution >= 0.6 is 12.4 Å². The Morgan fingerprint density at radius 1 is 1.22 bits per heavy atom. The smallest absolute Gasteiger partial charge is 0.0788 e. The van der Waals surface area contributed by atoms with Crippen molar-refractivity contribution in [1.29, 1.82) is 5.41 Å². The third kappa shape index (κ3) is 6.47. The lowest BCUT2D eigenvalue weighted by molar-refractivity contribution is -0.870. The number of rotatable bonds is 5. The zero-order valence-electron chi connectivity index (χ0n) is 11.1. The van der Waals surface area contributed by atoms with Crippen LogP contribution in [0.15, 0.2) is 35.8 Å². The number of nitrogens with one attached hydrogen (secondary N) is 1. The second-order valence-electron chi connectivity index (χ2n) is 5.08. The second kappa shape index (κ2) is 7.24. The molecule has 18 heavy (non-hydrogen) atoms. The highest BCUT2D eigenvalue weighted by atomic mass is 35.5. The summed E-state index contributed by atoms with van der Waals surface area (Å²) >= 11 is 0. The van der Waals surface area contributed by atoms with Crippen LogP contribution in [0.3, 0.4) is 0 Å². The molecule has 0 heterocycles. The first-order chi connectivity index (χ1) is 7.88. The maximum atomic E-state index is 11.6. The monoisotopic (exact) mass is 272 g/mol. The van der Waals surface area contributed by atoms with Crippen LogP contribution in [0.2, 0.25) is 0 Å². The first-order valence-electron chi connectivity index (χ1n) is 5.68. The highest BCUT2D eigenvalue weighted by molar-refractivity contribution is 6.03. The molecule has 0 aromatic carbocycles. The van der Waals surface area contributed by atoms with Crippen LogP contribution < -0.4 is 5.11 Å². The van der Waals surface area contributed by atoms with Gasteiger partial charge in [-0.25, -0.2) is 0 Å². The van der Waals surface area contributed by atoms with Crippen molar-refractivity contribution in [3.8, 4) is 0 Å². The number of hydrogen-bond donors (Lipinski definition) is 1. The summed E-state index contributed by atoms with van der Waals surface area (Å²) in [6.07, 6.45) is 7.26. The summed E-state index contributed by atoms with van der Waals surface area (Å²) in [7, 11) is 6.32. The van der Waals surface area contributed by atoms with Crippen LogP contribution in [0.25, 0.3) is 0 Å². The topological polar surface area (TPSA) is 56.1 Å². The molecule has 0 aromatic rings. The van der Waals surface area contributed by atoms with Crippen molar-refractivity contribution in [2.75, 3.05) is 34.3 Å². The van der Waals surface area contributed by atoms with E-state index in [4.69, 9.17) is 10.1 Å². The number of hydrogen-bond acceptors (Lipinski definition) is 3. The molecule has 5 heteroatoms. The molecule has 0 saturated heterocycles. The van der Waals surface area contributed by atoms with Gasteiger partial charge in [0.25, 0.3) is 0 Å². The molecular weight excluding hydrogens is 252 g/mol. The average molecular weight is 273 g/mol. The minimum atomic E-state index is -0.314. The summed E-state index contributed by atoms with van der Waals surface area (Å²) in [6.45, 7) is 1.41. The molecule has 1 rings (SSSR count). The fourth-order valence-electron chi connectivity index (χ4n) is 1.39. The number of allylic oxidation sites excluding steroid dienone is 5. The zero-order chi connectivity index (χ0) is 12.9. The molecule has 0 amide bonds. The van der Waals surface area contributed by atoms with E-state index < -0.39 is 0 Å². The number of halogens is 1. The van der Waals surface area contributed by atoms with Crippen molar-refractivity contribution in [1.82, 2.24) is 0 Å². The molecular formula is C13H21ClN2O2. The zero-order valence-corrected chi connectivity index (χ0v) is 11.9. The molecule has 1 aliphatic carbocycles. The van der Waals surface area contributed by atoms with Gasteiger partial charge in [-0.15, -0.1) is 12.4 Å². The van der Waals surface area contributed by atoms with Gasteiger partial charge in [0.1, 0.15) is 0 Å². The largest absolute Gasteiger partial charge is 0.613 e. The first kappa shape index (κ1) is 16.7. The van der Waals surface area contributed by atoms with Crippen molar-refractivity contribution in [3.63, 3.8) is 0 Å². The predicted molar refractivity (Wildman–Crippen MR) is 73.7 cm³/mol. The number of quaternary nitrogens is 1. The van der Waals surface area contributed by atoms with E-state index in [0.29, 0.717) is 17.9 Å². The predicted octanol–water partition coefficient (Wildman–Crippen LogP) is 1.24. The van der Waals surface area contributed by atoms with E-state index in [1.165, 1.54) is 0 Å². The fourth-order valence-corrected chi connectivity index (χ4v) is 1.39. The third-order valence-corrected chi connectivity index (χ3v) is 2.33. The molecule has 1 N–H and O–H groups in total. The summed E-state index contributed by atoms with van der Waals surface area (Å²) < 4.78 is 6.02. The maximum absolute atomic E-state index is 11.6. The highest BCUT2D eigenvalue weighted by Gasteiger charge is 2.04. The van der Waals surface area contributed by atoms with E-state index in [2.05, 4.69) is 21.1 Å². The number of ether oxygens (including phenoxy) is 1. The quantitative estimate of drug-likeness (QED) is 0.465. The van der Waals surface area contributed by atoms with Gasteiger partial charge in [0.2, 0.25) is 0 Å². The van der Waals surface area contributed by atoms with Crippen LogP contribution in [0, 0.1) is 5.41 Å². The Morgan fingerprint density at radius 3 is 2.28 bits per heavy atom. The fraction of sp³-hybridized carbons (Fsp3) is 0.462. The Balaban J connectivity index is 0.00000289. The molecule has 0 aromatic heterocycles. The first-order valence-corrected chi connectivity index (χ1v) is 5.68. The van der Waals surface area contributed by atoms with Gasteiger partial charge in [0.15, 0.2) is 0 Å². The lowest BCUT2D eigenvalue weighted by atomic mass is 10.1. The standard InChI is InChI=1S/C13H20N2O2.ClH/c1-15(2,3)9-4-10-17-13(16)11-5-7-12(14)8-6-11;/h5-8H,4,9-10H2,1-3H3,(H-,14,16);1H. The second-order valence-corrected chi connectivity index (χ2v) is 5.08. The van der Waals surface area contributed by atoms with Gasteiger partial charge in [-0.3, -0.25) is 0 Å². The van der Waals surface area contributed by atoms with E-state index in [0.717, 1.165) is 17.4 Å². The molecule has 0 radical (unpaired) electrons. The summed E-state index contributed by atoms with van der Waals surface area (Å²) in [5, 5.41) is 18.9. The molecule has 0 aliphatic heterocycles. The highest BCUT2D eigenvalue weighted by Crippen LogP contribution is 2.10. The Kier molecular flexibility index (Phi) is 6.73. The lowest BCUT2D eigenvalue weighted by Crippen LogP contribution is -2.35. The van der Waals surface area contributed by atoms with Crippen LogP contribution in [-0.4, -0.2) is 44.5 Å². The Morgan fingerprint density at radius 2 is 1.78 bits per heavy atom. The molecule has 0 saturated carbocycles. The molecule has 0 unspecified atom stereocenters. The molecule has 0 spiro atoms. The van der Waals surface area contributed by atoms with Crippen molar-refractivity contribution >= 4 is 18.1 Å². The van der Waals surface area contributed by atoms with Gasteiger partial charge in [0, 0.05) is 6.42 Å². The van der Waals surface area contributed by atoms with Crippen LogP contribution in [0.1, 0.15) is 6.42 Å². The minimum Gasteiger partial charge on any atom is -0.613 e. The number of nitrogens with zero attached hydrogens (tertiary/aromatic N) is 1. The Labute approximate surface area is 115 Å². The van der Waals surface area contributed by atoms with E-state index in [-0.39, 0.29) is 18.4 Å². The lowest BCUT2D eigenvalue weighted by Gasteiger charge is -2.25. The van der Waals surface area contributed by atoms with Crippen molar-refractivity contribution in [3.05, 3.63) is 35.8 Å². The van der Waals surface area contributed by atoms with Gasteiger partial charge >= 0.3 is 0 Å². The minimum absolute atomic E-state index is 0. The van der Waals surface area contributed by atoms with E-state index in [1.807, 2.05) is 0 Å². The van der Waals surface area contributed by atoms with E-state index in [1.54, 1.807) is 24.3 Å². The van der Waals surface area contributed by atoms with Gasteiger partial charge in [-0.2, -0.15) is 0 Å². The third-order valence-electron chi connectivity index (χ3n) is 2.33. The average Bonchev–Trinajstić information content (AvgIpc) is 2.24. The normalized spacial score (nSPS) is 14.4.